The smallest absolute Gasteiger partial charge is 0.303 e. The molecule has 11 unspecified atom stereocenters. The number of carbonyl (C=O) groups excluding carboxylic acids is 3. The summed E-state index contributed by atoms with van der Waals surface area (Å²) in [5.74, 6) is 0.456. The van der Waals surface area contributed by atoms with Crippen molar-refractivity contribution < 1.29 is 38.8 Å². The number of rotatable bonds is 8. The van der Waals surface area contributed by atoms with Crippen LogP contribution in [0.4, 0.5) is 0 Å². The quantitative estimate of drug-likeness (QED) is 0.292. The van der Waals surface area contributed by atoms with Crippen molar-refractivity contribution in [1.82, 2.24) is 0 Å². The highest BCUT2D eigenvalue weighted by atomic mass is 16.6. The lowest BCUT2D eigenvalue weighted by Gasteiger charge is -2.67. The van der Waals surface area contributed by atoms with Crippen molar-refractivity contribution in [2.45, 2.75) is 149 Å². The molecule has 41 heavy (non-hydrogen) atoms. The first-order valence-electron chi connectivity index (χ1n) is 15.9. The van der Waals surface area contributed by atoms with Gasteiger partial charge in [-0.1, -0.05) is 33.6 Å². The molecular formula is C33H54O8. The van der Waals surface area contributed by atoms with E-state index in [0.717, 1.165) is 44.9 Å². The summed E-state index contributed by atoms with van der Waals surface area (Å²) in [4.78, 5) is 36.7. The van der Waals surface area contributed by atoms with E-state index in [4.69, 9.17) is 14.2 Å². The fraction of sp³-hybridized carbons (Fsp3) is 0.909. The Morgan fingerprint density at radius 3 is 2.10 bits per heavy atom. The predicted molar refractivity (Wildman–Crippen MR) is 153 cm³/mol. The van der Waals surface area contributed by atoms with Crippen molar-refractivity contribution in [3.8, 4) is 0 Å². The average molecular weight is 579 g/mol. The van der Waals surface area contributed by atoms with Crippen LogP contribution in [0.5, 0.6) is 0 Å². The van der Waals surface area contributed by atoms with Crippen molar-refractivity contribution in [2.75, 3.05) is 0 Å². The normalized spacial score (nSPS) is 42.7. The van der Waals surface area contributed by atoms with E-state index in [-0.39, 0.29) is 23.7 Å². The monoisotopic (exact) mass is 578 g/mol. The second-order valence-corrected chi connectivity index (χ2v) is 15.1. The molecule has 4 aliphatic carbocycles. The summed E-state index contributed by atoms with van der Waals surface area (Å²) in [5, 5.41) is 22.8. The summed E-state index contributed by atoms with van der Waals surface area (Å²) in [7, 11) is 0. The molecular weight excluding hydrogens is 524 g/mol. The molecule has 0 aromatic rings. The van der Waals surface area contributed by atoms with Gasteiger partial charge in [-0.15, -0.1) is 0 Å². The molecule has 4 rings (SSSR count). The molecule has 11 atom stereocenters. The molecule has 0 amide bonds. The number of hydrogen-bond donors (Lipinski definition) is 2. The molecule has 0 saturated heterocycles. The Bertz CT molecular complexity index is 1000. The lowest BCUT2D eigenvalue weighted by atomic mass is 9.41. The average Bonchev–Trinajstić information content (AvgIpc) is 3.17. The summed E-state index contributed by atoms with van der Waals surface area (Å²) >= 11 is 0. The fourth-order valence-corrected chi connectivity index (χ4v) is 10.3. The number of hydrogen-bond acceptors (Lipinski definition) is 8. The first-order valence-corrected chi connectivity index (χ1v) is 15.9. The van der Waals surface area contributed by atoms with Gasteiger partial charge in [0.05, 0.1) is 5.60 Å². The molecule has 0 bridgehead atoms. The third kappa shape index (κ3) is 5.93. The van der Waals surface area contributed by atoms with Gasteiger partial charge in [0.1, 0.15) is 23.9 Å². The molecule has 0 aromatic heterocycles. The standard InChI is InChI=1S/C33H54O8/c1-19(10-9-14-30(5,6)37)25-11-12-26-24-17-29(41-22(4)36)33(38)18-23(39-20(2)34)16-28(40-21(3)35)32(33,8)27(24)13-15-31(25,26)7/h19,23-29,37-38H,9-18H2,1-8H3. The van der Waals surface area contributed by atoms with Crippen molar-refractivity contribution in [3.05, 3.63) is 0 Å². The van der Waals surface area contributed by atoms with E-state index in [9.17, 15) is 24.6 Å². The molecule has 0 radical (unpaired) electrons. The first-order chi connectivity index (χ1) is 18.9. The van der Waals surface area contributed by atoms with Gasteiger partial charge in [-0.25, -0.2) is 0 Å². The second kappa shape index (κ2) is 11.4. The topological polar surface area (TPSA) is 119 Å². The summed E-state index contributed by atoms with van der Waals surface area (Å²) in [6.07, 6.45) is 5.97. The van der Waals surface area contributed by atoms with Crippen LogP contribution in [0.25, 0.3) is 0 Å². The SMILES string of the molecule is CC(=O)OC1CC(OC(C)=O)C2(C)C3CCC4(C)C(C(C)CCCC(C)(C)O)CCC4C3CC(OC(C)=O)C2(O)C1. The van der Waals surface area contributed by atoms with E-state index >= 15 is 0 Å². The number of esters is 3. The maximum Gasteiger partial charge on any atom is 0.303 e. The molecule has 234 valence electrons. The van der Waals surface area contributed by atoms with Gasteiger partial charge in [-0.05, 0) is 87.4 Å². The molecule has 4 fully saturated rings. The van der Waals surface area contributed by atoms with Crippen LogP contribution in [-0.4, -0.2) is 57.6 Å². The van der Waals surface area contributed by atoms with Crippen LogP contribution < -0.4 is 0 Å². The maximum atomic E-state index is 12.6. The van der Waals surface area contributed by atoms with Gasteiger partial charge in [0.25, 0.3) is 0 Å². The molecule has 4 aliphatic rings. The Morgan fingerprint density at radius 2 is 1.51 bits per heavy atom. The minimum atomic E-state index is -1.51. The Labute approximate surface area is 246 Å². The molecule has 0 aliphatic heterocycles. The largest absolute Gasteiger partial charge is 0.462 e. The first kappa shape index (κ1) is 32.2. The van der Waals surface area contributed by atoms with Gasteiger partial charge in [0, 0.05) is 39.0 Å². The van der Waals surface area contributed by atoms with Crippen LogP contribution in [-0.2, 0) is 28.6 Å². The van der Waals surface area contributed by atoms with Crippen LogP contribution in [0.15, 0.2) is 0 Å². The maximum absolute atomic E-state index is 12.6. The fourth-order valence-electron chi connectivity index (χ4n) is 10.3. The third-order valence-electron chi connectivity index (χ3n) is 12.0. The lowest BCUT2D eigenvalue weighted by Crippen LogP contribution is -2.73. The van der Waals surface area contributed by atoms with Crippen molar-refractivity contribution >= 4 is 17.9 Å². The number of aliphatic hydroxyl groups is 2. The zero-order chi connectivity index (χ0) is 30.5. The van der Waals surface area contributed by atoms with Crippen LogP contribution in [0.2, 0.25) is 0 Å². The van der Waals surface area contributed by atoms with Crippen molar-refractivity contribution in [1.29, 1.82) is 0 Å². The van der Waals surface area contributed by atoms with E-state index in [1.54, 1.807) is 0 Å². The van der Waals surface area contributed by atoms with E-state index in [1.807, 2.05) is 20.8 Å². The van der Waals surface area contributed by atoms with E-state index in [0.29, 0.717) is 30.6 Å². The second-order valence-electron chi connectivity index (χ2n) is 15.1. The Kier molecular flexibility index (Phi) is 9.00. The Hall–Kier alpha value is -1.67. The van der Waals surface area contributed by atoms with Gasteiger partial charge < -0.3 is 24.4 Å². The molecule has 8 heteroatoms. The minimum absolute atomic E-state index is 0.0734. The Balaban J connectivity index is 1.67. The number of fused-ring (bicyclic) bond motifs is 5. The third-order valence-corrected chi connectivity index (χ3v) is 12.0. The van der Waals surface area contributed by atoms with E-state index in [1.165, 1.54) is 20.8 Å². The van der Waals surface area contributed by atoms with Crippen molar-refractivity contribution in [2.24, 2.45) is 40.4 Å². The summed E-state index contributed by atoms with van der Waals surface area (Å²) in [6, 6.07) is 0. The van der Waals surface area contributed by atoms with Gasteiger partial charge in [-0.3, -0.25) is 14.4 Å². The van der Waals surface area contributed by atoms with Crippen LogP contribution >= 0.6 is 0 Å². The molecule has 8 nitrogen and oxygen atoms in total. The zero-order valence-electron chi connectivity index (χ0n) is 26.5. The lowest BCUT2D eigenvalue weighted by molar-refractivity contribution is -0.300. The predicted octanol–water partition coefficient (Wildman–Crippen LogP) is 5.35. The molecule has 2 N–H and O–H groups in total. The molecule has 0 aromatic carbocycles. The van der Waals surface area contributed by atoms with Gasteiger partial charge in [0.2, 0.25) is 0 Å². The van der Waals surface area contributed by atoms with Crippen LogP contribution in [0.3, 0.4) is 0 Å². The van der Waals surface area contributed by atoms with Gasteiger partial charge in [-0.2, -0.15) is 0 Å². The van der Waals surface area contributed by atoms with Crippen molar-refractivity contribution in [3.63, 3.8) is 0 Å². The number of ether oxygens (including phenoxy) is 3. The highest BCUT2D eigenvalue weighted by Gasteiger charge is 2.72. The Morgan fingerprint density at radius 1 is 0.902 bits per heavy atom. The highest BCUT2D eigenvalue weighted by Crippen LogP contribution is 2.70. The van der Waals surface area contributed by atoms with Crippen LogP contribution in [0, 0.1) is 40.4 Å². The van der Waals surface area contributed by atoms with Gasteiger partial charge >= 0.3 is 17.9 Å². The summed E-state index contributed by atoms with van der Waals surface area (Å²) in [6.45, 7) is 14.7. The molecule has 0 spiro atoms. The zero-order valence-corrected chi connectivity index (χ0v) is 26.5. The minimum Gasteiger partial charge on any atom is -0.462 e. The van der Waals surface area contributed by atoms with Gasteiger partial charge in [0.15, 0.2) is 0 Å². The summed E-state index contributed by atoms with van der Waals surface area (Å²) < 4.78 is 17.5. The highest BCUT2D eigenvalue weighted by molar-refractivity contribution is 5.67. The van der Waals surface area contributed by atoms with E-state index < -0.39 is 52.8 Å². The van der Waals surface area contributed by atoms with E-state index in [2.05, 4.69) is 13.8 Å². The summed E-state index contributed by atoms with van der Waals surface area (Å²) in [5.41, 5.74) is -2.88. The molecule has 0 heterocycles. The number of carbonyl (C=O) groups is 3. The molecule has 4 saturated carbocycles. The van der Waals surface area contributed by atoms with Crippen LogP contribution in [0.1, 0.15) is 120 Å².